The number of quaternary nitrogens is 1. The Balaban J connectivity index is 4.22. The van der Waals surface area contributed by atoms with Crippen LogP contribution in [0.5, 0.6) is 0 Å². The van der Waals surface area contributed by atoms with E-state index in [1.807, 2.05) is 21.1 Å². The van der Waals surface area contributed by atoms with Crippen LogP contribution in [0.1, 0.15) is 174 Å². The Morgan fingerprint density at radius 1 is 0.517 bits per heavy atom. The number of aliphatic carboxylic acids is 1. The molecule has 0 aromatic carbocycles. The van der Waals surface area contributed by atoms with E-state index in [4.69, 9.17) is 14.2 Å². The quantitative estimate of drug-likeness (QED) is 0.0285. The standard InChI is InChI=1S/C50H85NO7/c1-6-8-10-12-14-16-18-19-20-21-22-23-24-25-26-27-28-29-31-32-34-36-38-40-48(52)57-45-46(44-56-43-42-47(50(54)55)51(3,4)5)58-49(53)41-39-37-35-33-30-17-15-13-11-9-7-2/h8-11,14-17,19-20,33,35,46-47H,6-7,12-13,18,21-32,34,36-45H2,1-5H3/p+1/b10-8+,11-9+,16-14+,17-15+,20-19+,35-33+. The van der Waals surface area contributed by atoms with Crippen LogP contribution < -0.4 is 0 Å². The molecular formula is C50H86NO7+. The zero-order valence-electron chi connectivity index (χ0n) is 37.7. The molecule has 0 rings (SSSR count). The van der Waals surface area contributed by atoms with Crippen molar-refractivity contribution in [2.75, 3.05) is 41.0 Å². The van der Waals surface area contributed by atoms with Crippen molar-refractivity contribution < 1.29 is 38.2 Å². The van der Waals surface area contributed by atoms with E-state index in [2.05, 4.69) is 86.8 Å². The summed E-state index contributed by atoms with van der Waals surface area (Å²) in [7, 11) is 5.50. The second-order valence-corrected chi connectivity index (χ2v) is 16.2. The smallest absolute Gasteiger partial charge is 0.362 e. The van der Waals surface area contributed by atoms with Crippen LogP contribution in [0.4, 0.5) is 0 Å². The first-order valence-electron chi connectivity index (χ1n) is 23.0. The van der Waals surface area contributed by atoms with Gasteiger partial charge in [0.05, 0.1) is 34.4 Å². The number of carbonyl (C=O) groups excluding carboxylic acids is 2. The Hall–Kier alpha value is -3.23. The highest BCUT2D eigenvalue weighted by Gasteiger charge is 2.31. The topological polar surface area (TPSA) is 99.1 Å². The predicted octanol–water partition coefficient (Wildman–Crippen LogP) is 12.7. The highest BCUT2D eigenvalue weighted by Crippen LogP contribution is 2.15. The summed E-state index contributed by atoms with van der Waals surface area (Å²) in [5, 5.41) is 9.61. The molecule has 8 nitrogen and oxygen atoms in total. The number of allylic oxidation sites excluding steroid dienone is 12. The molecule has 0 fully saturated rings. The van der Waals surface area contributed by atoms with Crippen LogP contribution in [0.3, 0.4) is 0 Å². The molecular weight excluding hydrogens is 727 g/mol. The number of ether oxygens (including phenoxy) is 3. The van der Waals surface area contributed by atoms with Crippen LogP contribution in [0, 0.1) is 0 Å². The third kappa shape index (κ3) is 38.3. The minimum absolute atomic E-state index is 0.0381. The van der Waals surface area contributed by atoms with Crippen LogP contribution in [0.15, 0.2) is 72.9 Å². The van der Waals surface area contributed by atoms with Crippen LogP contribution in [-0.2, 0) is 28.6 Å². The number of unbranched alkanes of at least 4 members (excludes halogenated alkanes) is 14. The highest BCUT2D eigenvalue weighted by molar-refractivity contribution is 5.72. The number of rotatable bonds is 40. The van der Waals surface area contributed by atoms with Gasteiger partial charge in [0.1, 0.15) is 6.61 Å². The van der Waals surface area contributed by atoms with Crippen molar-refractivity contribution in [1.82, 2.24) is 0 Å². The molecule has 0 aliphatic heterocycles. The van der Waals surface area contributed by atoms with Crippen molar-refractivity contribution in [1.29, 1.82) is 0 Å². The molecule has 0 aliphatic carbocycles. The van der Waals surface area contributed by atoms with Crippen LogP contribution in [0.2, 0.25) is 0 Å². The second kappa shape index (κ2) is 40.5. The maximum atomic E-state index is 12.7. The third-order valence-electron chi connectivity index (χ3n) is 9.85. The summed E-state index contributed by atoms with van der Waals surface area (Å²) in [6.07, 6.45) is 51.1. The molecule has 0 radical (unpaired) electrons. The predicted molar refractivity (Wildman–Crippen MR) is 243 cm³/mol. The fraction of sp³-hybridized carbons (Fsp3) is 0.700. The normalized spacial score (nSPS) is 13.6. The highest BCUT2D eigenvalue weighted by atomic mass is 16.6. The van der Waals surface area contributed by atoms with Crippen molar-refractivity contribution in [3.63, 3.8) is 0 Å². The summed E-state index contributed by atoms with van der Waals surface area (Å²) in [6, 6.07) is -0.625. The van der Waals surface area contributed by atoms with Crippen molar-refractivity contribution in [2.45, 2.75) is 187 Å². The van der Waals surface area contributed by atoms with Gasteiger partial charge in [-0.3, -0.25) is 9.59 Å². The summed E-state index contributed by atoms with van der Waals surface area (Å²) < 4.78 is 17.2. The van der Waals surface area contributed by atoms with E-state index in [1.54, 1.807) is 0 Å². The van der Waals surface area contributed by atoms with Crippen LogP contribution >= 0.6 is 0 Å². The third-order valence-corrected chi connectivity index (χ3v) is 9.85. The van der Waals surface area contributed by atoms with Crippen molar-refractivity contribution >= 4 is 17.9 Å². The lowest BCUT2D eigenvalue weighted by molar-refractivity contribution is -0.887. The molecule has 1 N–H and O–H groups in total. The molecule has 0 aromatic heterocycles. The summed E-state index contributed by atoms with van der Waals surface area (Å²) in [6.45, 7) is 4.44. The van der Waals surface area contributed by atoms with Gasteiger partial charge in [-0.05, 0) is 70.6 Å². The lowest BCUT2D eigenvalue weighted by atomic mass is 10.0. The first kappa shape index (κ1) is 54.8. The van der Waals surface area contributed by atoms with E-state index in [0.717, 1.165) is 64.2 Å². The Bertz CT molecular complexity index is 1180. The number of hydrogen-bond donors (Lipinski definition) is 1. The Kier molecular flexibility index (Phi) is 38.3. The lowest BCUT2D eigenvalue weighted by Crippen LogP contribution is -2.50. The average molecular weight is 813 g/mol. The Morgan fingerprint density at radius 2 is 0.931 bits per heavy atom. The molecule has 2 unspecified atom stereocenters. The first-order valence-corrected chi connectivity index (χ1v) is 23.0. The fourth-order valence-electron chi connectivity index (χ4n) is 6.36. The Morgan fingerprint density at radius 3 is 1.40 bits per heavy atom. The number of hydrogen-bond acceptors (Lipinski definition) is 6. The maximum absolute atomic E-state index is 12.7. The van der Waals surface area contributed by atoms with E-state index in [1.165, 1.54) is 70.6 Å². The van der Waals surface area contributed by atoms with Crippen molar-refractivity contribution in [3.05, 3.63) is 72.9 Å². The molecule has 0 amide bonds. The van der Waals surface area contributed by atoms with E-state index in [9.17, 15) is 19.5 Å². The van der Waals surface area contributed by atoms with Gasteiger partial charge in [0.25, 0.3) is 0 Å². The van der Waals surface area contributed by atoms with Crippen molar-refractivity contribution in [3.8, 4) is 0 Å². The molecule has 0 spiro atoms. The van der Waals surface area contributed by atoms with Crippen molar-refractivity contribution in [2.24, 2.45) is 0 Å². The number of carbonyl (C=O) groups is 3. The summed E-state index contributed by atoms with van der Waals surface area (Å²) in [5.41, 5.74) is 0. The van der Waals surface area contributed by atoms with Crippen LogP contribution in [-0.4, -0.2) is 80.6 Å². The van der Waals surface area contributed by atoms with E-state index in [-0.39, 0.29) is 42.7 Å². The SMILES string of the molecule is CC/C=C/C/C=C/C/C=C/CCCCCCCCCCCCCCCC(=O)OCC(COCCC(C(=O)O)[N+](C)(C)C)OC(=O)CCC/C=C/C/C=C/C/C=C/CC. The monoisotopic (exact) mass is 813 g/mol. The van der Waals surface area contributed by atoms with Gasteiger partial charge in [0.2, 0.25) is 0 Å². The molecule has 8 heteroatoms. The van der Waals surface area contributed by atoms with Gasteiger partial charge in [0.15, 0.2) is 12.1 Å². The molecule has 0 saturated carbocycles. The Labute approximate surface area is 355 Å². The summed E-state index contributed by atoms with van der Waals surface area (Å²) >= 11 is 0. The minimum Gasteiger partial charge on any atom is -0.477 e. The molecule has 0 aliphatic rings. The molecule has 58 heavy (non-hydrogen) atoms. The number of esters is 2. The maximum Gasteiger partial charge on any atom is 0.362 e. The number of carboxylic acid groups (broad SMARTS) is 1. The number of carboxylic acids is 1. The molecule has 332 valence electrons. The second-order valence-electron chi connectivity index (χ2n) is 16.2. The van der Waals surface area contributed by atoms with Gasteiger partial charge in [-0.15, -0.1) is 0 Å². The van der Waals surface area contributed by atoms with Gasteiger partial charge in [-0.1, -0.05) is 157 Å². The fourth-order valence-corrected chi connectivity index (χ4v) is 6.36. The van der Waals surface area contributed by atoms with Gasteiger partial charge in [0, 0.05) is 19.3 Å². The van der Waals surface area contributed by atoms with E-state index >= 15 is 0 Å². The van der Waals surface area contributed by atoms with E-state index < -0.39 is 18.1 Å². The zero-order chi connectivity index (χ0) is 42.8. The number of likely N-dealkylation sites (N-methyl/N-ethyl adjacent to an activating group) is 1. The number of nitrogens with zero attached hydrogens (tertiary/aromatic N) is 1. The lowest BCUT2D eigenvalue weighted by Gasteiger charge is -2.31. The van der Waals surface area contributed by atoms with Gasteiger partial charge in [-0.25, -0.2) is 4.79 Å². The van der Waals surface area contributed by atoms with Gasteiger partial charge >= 0.3 is 17.9 Å². The van der Waals surface area contributed by atoms with Crippen LogP contribution in [0.25, 0.3) is 0 Å². The molecule has 0 heterocycles. The molecule has 2 atom stereocenters. The molecule has 0 saturated heterocycles. The molecule has 0 bridgehead atoms. The summed E-state index contributed by atoms with van der Waals surface area (Å²) in [5.74, 6) is -1.54. The first-order chi connectivity index (χ1) is 28.1. The van der Waals surface area contributed by atoms with Gasteiger partial charge in [-0.2, -0.15) is 0 Å². The average Bonchev–Trinajstić information content (AvgIpc) is 3.18. The van der Waals surface area contributed by atoms with Gasteiger partial charge < -0.3 is 23.8 Å². The molecule has 0 aromatic rings. The minimum atomic E-state index is -0.885. The summed E-state index contributed by atoms with van der Waals surface area (Å²) in [4.78, 5) is 36.9. The van der Waals surface area contributed by atoms with E-state index in [0.29, 0.717) is 19.3 Å². The largest absolute Gasteiger partial charge is 0.477 e. The zero-order valence-corrected chi connectivity index (χ0v) is 37.7.